The fourth-order valence-electron chi connectivity index (χ4n) is 1.94. The van der Waals surface area contributed by atoms with Gasteiger partial charge in [-0.3, -0.25) is 4.79 Å². The highest BCUT2D eigenvalue weighted by atomic mass is 32.1. The molecule has 1 aromatic rings. The van der Waals surface area contributed by atoms with Crippen LogP contribution < -0.4 is 0 Å². The van der Waals surface area contributed by atoms with Gasteiger partial charge in [-0.2, -0.15) is 0 Å². The van der Waals surface area contributed by atoms with Crippen LogP contribution in [0.4, 0.5) is 0 Å². The molecule has 76 valence electrons. The summed E-state index contributed by atoms with van der Waals surface area (Å²) in [7, 11) is 1.45. The van der Waals surface area contributed by atoms with Gasteiger partial charge in [0.1, 0.15) is 0 Å². The van der Waals surface area contributed by atoms with E-state index in [9.17, 15) is 4.79 Å². The minimum atomic E-state index is -0.129. The summed E-state index contributed by atoms with van der Waals surface area (Å²) in [6.45, 7) is 0. The first-order valence-corrected chi connectivity index (χ1v) is 5.84. The Morgan fingerprint density at radius 3 is 3.07 bits per heavy atom. The lowest BCUT2D eigenvalue weighted by atomic mass is 9.95. The quantitative estimate of drug-likeness (QED) is 0.700. The Balaban J connectivity index is 2.18. The summed E-state index contributed by atoms with van der Waals surface area (Å²) in [5.41, 5.74) is 2.61. The number of rotatable bonds is 2. The van der Waals surface area contributed by atoms with Gasteiger partial charge in [0, 0.05) is 4.88 Å². The van der Waals surface area contributed by atoms with E-state index < -0.39 is 0 Å². The Labute approximate surface area is 87.9 Å². The third-order valence-electron chi connectivity index (χ3n) is 2.71. The van der Waals surface area contributed by atoms with Crippen molar-refractivity contribution < 1.29 is 9.53 Å². The molecule has 1 heterocycles. The lowest BCUT2D eigenvalue weighted by Crippen LogP contribution is -2.07. The van der Waals surface area contributed by atoms with Crippen molar-refractivity contribution >= 4 is 17.3 Å². The van der Waals surface area contributed by atoms with Crippen molar-refractivity contribution in [1.29, 1.82) is 0 Å². The number of carbonyl (C=O) groups is 1. The smallest absolute Gasteiger partial charge is 0.310 e. The van der Waals surface area contributed by atoms with E-state index in [0.29, 0.717) is 6.42 Å². The first kappa shape index (κ1) is 9.71. The second-order valence-electron chi connectivity index (χ2n) is 3.62. The fraction of sp³-hybridized carbons (Fsp3) is 0.545. The van der Waals surface area contributed by atoms with Crippen LogP contribution in [0.3, 0.4) is 0 Å². The standard InChI is InChI=1S/C11H14O2S/c1-13-11(12)6-8-7-14-10-5-3-2-4-9(8)10/h7H,2-6H2,1H3. The van der Waals surface area contributed by atoms with Crippen LogP contribution in [0.15, 0.2) is 5.38 Å². The molecule has 14 heavy (non-hydrogen) atoms. The van der Waals surface area contributed by atoms with Crippen LogP contribution in [0.1, 0.15) is 28.8 Å². The van der Waals surface area contributed by atoms with Crippen molar-refractivity contribution in [3.8, 4) is 0 Å². The summed E-state index contributed by atoms with van der Waals surface area (Å²) in [6.07, 6.45) is 5.34. The lowest BCUT2D eigenvalue weighted by Gasteiger charge is -2.12. The van der Waals surface area contributed by atoms with Crippen LogP contribution in [0.5, 0.6) is 0 Å². The molecule has 0 atom stereocenters. The number of hydrogen-bond acceptors (Lipinski definition) is 3. The van der Waals surface area contributed by atoms with Crippen LogP contribution in [0, 0.1) is 0 Å². The largest absolute Gasteiger partial charge is 0.469 e. The van der Waals surface area contributed by atoms with Crippen molar-refractivity contribution in [2.24, 2.45) is 0 Å². The van der Waals surface area contributed by atoms with Gasteiger partial charge >= 0.3 is 5.97 Å². The number of hydrogen-bond donors (Lipinski definition) is 0. The van der Waals surface area contributed by atoms with Crippen molar-refractivity contribution in [2.45, 2.75) is 32.1 Å². The van der Waals surface area contributed by atoms with Crippen molar-refractivity contribution in [2.75, 3.05) is 7.11 Å². The molecule has 3 heteroatoms. The second-order valence-corrected chi connectivity index (χ2v) is 4.59. The molecule has 0 radical (unpaired) electrons. The van der Waals surface area contributed by atoms with E-state index in [0.717, 1.165) is 6.42 Å². The highest BCUT2D eigenvalue weighted by Crippen LogP contribution is 2.30. The zero-order valence-electron chi connectivity index (χ0n) is 8.34. The van der Waals surface area contributed by atoms with Crippen LogP contribution in [0.2, 0.25) is 0 Å². The molecule has 0 spiro atoms. The summed E-state index contributed by atoms with van der Waals surface area (Å²) in [6, 6.07) is 0. The van der Waals surface area contributed by atoms with Gasteiger partial charge < -0.3 is 4.74 Å². The van der Waals surface area contributed by atoms with Crippen LogP contribution in [0.25, 0.3) is 0 Å². The number of aryl methyl sites for hydroxylation is 1. The molecule has 0 fully saturated rings. The Morgan fingerprint density at radius 1 is 1.50 bits per heavy atom. The van der Waals surface area contributed by atoms with Gasteiger partial charge in [0.25, 0.3) is 0 Å². The van der Waals surface area contributed by atoms with Crippen LogP contribution in [-0.4, -0.2) is 13.1 Å². The molecular weight excluding hydrogens is 196 g/mol. The topological polar surface area (TPSA) is 26.3 Å². The van der Waals surface area contributed by atoms with E-state index in [1.807, 2.05) is 0 Å². The van der Waals surface area contributed by atoms with Crippen molar-refractivity contribution in [1.82, 2.24) is 0 Å². The highest BCUT2D eigenvalue weighted by Gasteiger charge is 2.17. The van der Waals surface area contributed by atoms with Gasteiger partial charge in [-0.25, -0.2) is 0 Å². The van der Waals surface area contributed by atoms with Gasteiger partial charge in [-0.1, -0.05) is 0 Å². The molecule has 0 aromatic carbocycles. The summed E-state index contributed by atoms with van der Waals surface area (Å²) in [4.78, 5) is 12.6. The predicted molar refractivity (Wildman–Crippen MR) is 56.7 cm³/mol. The first-order chi connectivity index (χ1) is 6.81. The van der Waals surface area contributed by atoms with E-state index in [4.69, 9.17) is 0 Å². The molecule has 0 aliphatic heterocycles. The van der Waals surface area contributed by atoms with Gasteiger partial charge in [-0.05, 0) is 42.2 Å². The Morgan fingerprint density at radius 2 is 2.29 bits per heavy atom. The van der Waals surface area contributed by atoms with Crippen molar-refractivity contribution in [3.63, 3.8) is 0 Å². The summed E-state index contributed by atoms with van der Waals surface area (Å²) in [5.74, 6) is -0.129. The SMILES string of the molecule is COC(=O)Cc1csc2c1CCCC2. The molecule has 1 aliphatic carbocycles. The third-order valence-corrected chi connectivity index (χ3v) is 3.85. The monoisotopic (exact) mass is 210 g/mol. The number of carbonyl (C=O) groups excluding carboxylic acids is 1. The molecule has 0 saturated carbocycles. The van der Waals surface area contributed by atoms with E-state index in [-0.39, 0.29) is 5.97 Å². The molecule has 0 unspecified atom stereocenters. The van der Waals surface area contributed by atoms with Gasteiger partial charge in [0.2, 0.25) is 0 Å². The third kappa shape index (κ3) is 1.82. The van der Waals surface area contributed by atoms with E-state index in [1.165, 1.54) is 42.4 Å². The van der Waals surface area contributed by atoms with E-state index in [2.05, 4.69) is 10.1 Å². The van der Waals surface area contributed by atoms with Gasteiger partial charge in [0.05, 0.1) is 13.5 Å². The number of ether oxygens (including phenoxy) is 1. The molecular formula is C11H14O2S. The maximum Gasteiger partial charge on any atom is 0.310 e. The van der Waals surface area contributed by atoms with Crippen molar-refractivity contribution in [3.05, 3.63) is 21.4 Å². The number of esters is 1. The molecule has 0 N–H and O–H groups in total. The lowest BCUT2D eigenvalue weighted by molar-refractivity contribution is -0.139. The van der Waals surface area contributed by atoms with Crippen LogP contribution >= 0.6 is 11.3 Å². The minimum Gasteiger partial charge on any atom is -0.469 e. The molecule has 2 nitrogen and oxygen atoms in total. The zero-order valence-corrected chi connectivity index (χ0v) is 9.15. The summed E-state index contributed by atoms with van der Waals surface area (Å²) in [5, 5.41) is 2.12. The summed E-state index contributed by atoms with van der Waals surface area (Å²) < 4.78 is 4.68. The molecule has 2 rings (SSSR count). The molecule has 1 aliphatic rings. The molecule has 0 saturated heterocycles. The first-order valence-electron chi connectivity index (χ1n) is 4.96. The van der Waals surface area contributed by atoms with Gasteiger partial charge in [0.15, 0.2) is 0 Å². The minimum absolute atomic E-state index is 0.129. The van der Waals surface area contributed by atoms with E-state index >= 15 is 0 Å². The Kier molecular flexibility index (Phi) is 2.87. The molecule has 0 amide bonds. The highest BCUT2D eigenvalue weighted by molar-refractivity contribution is 7.10. The van der Waals surface area contributed by atoms with Gasteiger partial charge in [-0.15, -0.1) is 11.3 Å². The average Bonchev–Trinajstić information content (AvgIpc) is 2.62. The van der Waals surface area contributed by atoms with E-state index in [1.54, 1.807) is 11.3 Å². The number of fused-ring (bicyclic) bond motifs is 1. The Bertz CT molecular complexity index is 341. The maximum atomic E-state index is 11.1. The summed E-state index contributed by atoms with van der Waals surface area (Å²) >= 11 is 1.80. The predicted octanol–water partition coefficient (Wildman–Crippen LogP) is 2.34. The zero-order chi connectivity index (χ0) is 9.97. The normalized spacial score (nSPS) is 14.9. The number of methoxy groups -OCH3 is 1. The molecule has 0 bridgehead atoms. The molecule has 1 aromatic heterocycles. The average molecular weight is 210 g/mol. The Hall–Kier alpha value is -0.830. The maximum absolute atomic E-state index is 11.1. The van der Waals surface area contributed by atoms with Crippen LogP contribution in [-0.2, 0) is 28.8 Å². The second kappa shape index (κ2) is 4.13. The fourth-order valence-corrected chi connectivity index (χ4v) is 3.08. The number of thiophene rings is 1.